The van der Waals surface area contributed by atoms with Crippen molar-refractivity contribution < 1.29 is 18.8 Å². The molecule has 0 saturated heterocycles. The van der Waals surface area contributed by atoms with E-state index in [9.17, 15) is 14.4 Å². The Morgan fingerprint density at radius 1 is 1.05 bits per heavy atom. The summed E-state index contributed by atoms with van der Waals surface area (Å²) in [7, 11) is 0. The third-order valence-electron chi connectivity index (χ3n) is 8.40. The van der Waals surface area contributed by atoms with E-state index in [1.165, 1.54) is 11.6 Å². The number of unbranched alkanes of at least 4 members (excludes halogenated alkanes) is 3. The molecule has 5 rings (SSSR count). The predicted molar refractivity (Wildman–Crippen MR) is 160 cm³/mol. The van der Waals surface area contributed by atoms with E-state index in [1.807, 2.05) is 25.1 Å². The van der Waals surface area contributed by atoms with Gasteiger partial charge in [0.05, 0.1) is 12.1 Å². The molecule has 0 unspecified atom stereocenters. The molecule has 2 heterocycles. The van der Waals surface area contributed by atoms with Gasteiger partial charge in [-0.2, -0.15) is 0 Å². The van der Waals surface area contributed by atoms with Crippen molar-refractivity contribution >= 4 is 23.5 Å². The Morgan fingerprint density at radius 2 is 1.83 bits per heavy atom. The van der Waals surface area contributed by atoms with Gasteiger partial charge >= 0.3 is 0 Å². The van der Waals surface area contributed by atoms with Crippen LogP contribution in [-0.4, -0.2) is 35.5 Å². The number of benzene rings is 1. The molecule has 2 aromatic heterocycles. The van der Waals surface area contributed by atoms with Gasteiger partial charge in [-0.25, -0.2) is 0 Å². The van der Waals surface area contributed by atoms with Crippen LogP contribution < -0.4 is 10.6 Å². The molecule has 0 radical (unpaired) electrons. The maximum absolute atomic E-state index is 13.3. The highest BCUT2D eigenvalue weighted by Crippen LogP contribution is 2.45. The molecule has 2 aliphatic rings. The van der Waals surface area contributed by atoms with E-state index < -0.39 is 11.6 Å². The van der Waals surface area contributed by atoms with Gasteiger partial charge in [0.15, 0.2) is 0 Å². The molecule has 3 aromatic rings. The van der Waals surface area contributed by atoms with Gasteiger partial charge in [-0.3, -0.25) is 19.4 Å². The van der Waals surface area contributed by atoms with E-state index in [-0.39, 0.29) is 11.3 Å². The summed E-state index contributed by atoms with van der Waals surface area (Å²) in [4.78, 5) is 42.5. The number of pyridine rings is 1. The summed E-state index contributed by atoms with van der Waals surface area (Å²) in [6.07, 6.45) is 13.6. The van der Waals surface area contributed by atoms with Crippen molar-refractivity contribution in [3.63, 3.8) is 0 Å². The molecule has 0 atom stereocenters. The maximum atomic E-state index is 13.3. The first-order valence-corrected chi connectivity index (χ1v) is 14.7. The number of ketones is 2. The number of aromatic nitrogens is 1. The zero-order chi connectivity index (χ0) is 29.0. The average Bonchev–Trinajstić information content (AvgIpc) is 3.29. The minimum absolute atomic E-state index is 0.00766. The minimum Gasteiger partial charge on any atom is -0.459 e. The first kappa shape index (κ1) is 28.7. The quantitative estimate of drug-likeness (QED) is 0.168. The van der Waals surface area contributed by atoms with Crippen LogP contribution in [0.1, 0.15) is 101 Å². The molecule has 0 fully saturated rings. The molecular formula is C34H39N3O4. The van der Waals surface area contributed by atoms with Gasteiger partial charge in [0, 0.05) is 41.7 Å². The largest absolute Gasteiger partial charge is 0.459 e. The minimum atomic E-state index is -0.448. The molecule has 0 bridgehead atoms. The molecule has 0 saturated carbocycles. The standard InChI is InChI=1S/C34H39N3O4/c1-22-27(21-36-17-6-4-5-7-19-37-28(38)15-12-23-10-9-18-35-20-23)41-33-25-13-14-26-24(11-8-16-34(26,2)3)30(25)32(40)31(39)29(22)33/h9-10,12-15,18,20,36H,4-8,11,16-17,19,21H2,1-3H3,(H,37,38)/b15-12+. The van der Waals surface area contributed by atoms with Gasteiger partial charge in [-0.1, -0.05) is 44.9 Å². The van der Waals surface area contributed by atoms with Crippen LogP contribution in [0.15, 0.2) is 47.2 Å². The third kappa shape index (κ3) is 6.10. The lowest BCUT2D eigenvalue weighted by atomic mass is 9.69. The molecular weight excluding hydrogens is 514 g/mol. The van der Waals surface area contributed by atoms with Gasteiger partial charge in [-0.15, -0.1) is 0 Å². The number of Topliss-reactive ketones (excluding diaryl/α,β-unsaturated/α-hetero) is 2. The number of amides is 1. The molecule has 7 nitrogen and oxygen atoms in total. The van der Waals surface area contributed by atoms with E-state index >= 15 is 0 Å². The summed E-state index contributed by atoms with van der Waals surface area (Å²) in [6.45, 7) is 8.26. The highest BCUT2D eigenvalue weighted by molar-refractivity contribution is 6.53. The van der Waals surface area contributed by atoms with Crippen molar-refractivity contribution in [2.45, 2.75) is 77.7 Å². The molecule has 1 aromatic carbocycles. The molecule has 0 aliphatic heterocycles. The second kappa shape index (κ2) is 12.4. The zero-order valence-electron chi connectivity index (χ0n) is 24.3. The highest BCUT2D eigenvalue weighted by atomic mass is 16.3. The number of hydrogen-bond donors (Lipinski definition) is 2. The first-order valence-electron chi connectivity index (χ1n) is 14.7. The molecule has 41 heavy (non-hydrogen) atoms. The fourth-order valence-electron chi connectivity index (χ4n) is 6.10. The van der Waals surface area contributed by atoms with E-state index in [0.29, 0.717) is 35.7 Å². The Labute approximate surface area is 241 Å². The lowest BCUT2D eigenvalue weighted by Gasteiger charge is -2.34. The van der Waals surface area contributed by atoms with Gasteiger partial charge < -0.3 is 15.1 Å². The number of furan rings is 1. The van der Waals surface area contributed by atoms with Crippen molar-refractivity contribution in [1.29, 1.82) is 0 Å². The second-order valence-corrected chi connectivity index (χ2v) is 11.8. The van der Waals surface area contributed by atoms with Gasteiger partial charge in [-0.05, 0) is 79.8 Å². The SMILES string of the molecule is Cc1c(CNCCCCCCNC(=O)/C=C/c2cccnc2)oc2c1C(=O)C(=O)c1c-2ccc2c1CCCC2(C)C. The Hall–Kier alpha value is -3.84. The molecule has 1 amide bonds. The summed E-state index contributed by atoms with van der Waals surface area (Å²) in [5, 5.41) is 6.35. The fourth-order valence-corrected chi connectivity index (χ4v) is 6.10. The van der Waals surface area contributed by atoms with Crippen LogP contribution in [0.3, 0.4) is 0 Å². The monoisotopic (exact) mass is 553 g/mol. The molecule has 7 heteroatoms. The van der Waals surface area contributed by atoms with Crippen LogP contribution in [0.2, 0.25) is 0 Å². The number of fused-ring (bicyclic) bond motifs is 5. The summed E-state index contributed by atoms with van der Waals surface area (Å²) < 4.78 is 6.27. The molecule has 214 valence electrons. The summed E-state index contributed by atoms with van der Waals surface area (Å²) in [5.41, 5.74) is 5.58. The Bertz CT molecular complexity index is 1480. The van der Waals surface area contributed by atoms with Crippen LogP contribution in [0, 0.1) is 6.92 Å². The van der Waals surface area contributed by atoms with Gasteiger partial charge in [0.25, 0.3) is 0 Å². The summed E-state index contributed by atoms with van der Waals surface area (Å²) in [6, 6.07) is 7.84. The molecule has 0 spiro atoms. The van der Waals surface area contributed by atoms with Crippen molar-refractivity contribution in [1.82, 2.24) is 15.6 Å². The van der Waals surface area contributed by atoms with Crippen molar-refractivity contribution in [3.05, 3.63) is 81.9 Å². The Balaban J connectivity index is 1.10. The first-order chi connectivity index (χ1) is 19.8. The van der Waals surface area contributed by atoms with Gasteiger partial charge in [0.1, 0.15) is 11.5 Å². The van der Waals surface area contributed by atoms with E-state index in [4.69, 9.17) is 4.42 Å². The van der Waals surface area contributed by atoms with Crippen molar-refractivity contribution in [2.24, 2.45) is 0 Å². The number of rotatable bonds is 11. The van der Waals surface area contributed by atoms with Crippen LogP contribution in [-0.2, 0) is 23.2 Å². The number of nitrogens with zero attached hydrogens (tertiary/aromatic N) is 1. The zero-order valence-corrected chi connectivity index (χ0v) is 24.3. The second-order valence-electron chi connectivity index (χ2n) is 11.8. The Kier molecular flexibility index (Phi) is 8.64. The topological polar surface area (TPSA) is 101 Å². The van der Waals surface area contributed by atoms with Crippen LogP contribution in [0.4, 0.5) is 0 Å². The molecule has 2 aliphatic carbocycles. The highest BCUT2D eigenvalue weighted by Gasteiger charge is 2.40. The third-order valence-corrected chi connectivity index (χ3v) is 8.40. The number of hydrogen-bond acceptors (Lipinski definition) is 6. The fraction of sp³-hybridized carbons (Fsp3) is 0.412. The van der Waals surface area contributed by atoms with Crippen molar-refractivity contribution in [3.8, 4) is 11.3 Å². The van der Waals surface area contributed by atoms with E-state index in [1.54, 1.807) is 18.5 Å². The Morgan fingerprint density at radius 3 is 2.61 bits per heavy atom. The van der Waals surface area contributed by atoms with Crippen molar-refractivity contribution in [2.75, 3.05) is 13.1 Å². The maximum Gasteiger partial charge on any atom is 0.243 e. The lowest BCUT2D eigenvalue weighted by Crippen LogP contribution is -2.29. The average molecular weight is 554 g/mol. The van der Waals surface area contributed by atoms with E-state index in [2.05, 4.69) is 35.5 Å². The molecule has 2 N–H and O–H groups in total. The lowest BCUT2D eigenvalue weighted by molar-refractivity contribution is -0.116. The summed E-state index contributed by atoms with van der Waals surface area (Å²) >= 11 is 0. The normalized spacial score (nSPS) is 15.5. The van der Waals surface area contributed by atoms with Crippen LogP contribution >= 0.6 is 0 Å². The number of carbonyl (C=O) groups excluding carboxylic acids is 3. The van der Waals surface area contributed by atoms with E-state index in [0.717, 1.165) is 73.7 Å². The smallest absolute Gasteiger partial charge is 0.243 e. The van der Waals surface area contributed by atoms with Crippen LogP contribution in [0.25, 0.3) is 17.4 Å². The summed E-state index contributed by atoms with van der Waals surface area (Å²) in [5.74, 6) is 0.313. The number of nitrogens with one attached hydrogen (secondary N) is 2. The van der Waals surface area contributed by atoms with Gasteiger partial charge in [0.2, 0.25) is 17.5 Å². The predicted octanol–water partition coefficient (Wildman–Crippen LogP) is 6.12. The van der Waals surface area contributed by atoms with Crippen LogP contribution in [0.5, 0.6) is 0 Å². The number of carbonyl (C=O) groups is 3.